The predicted molar refractivity (Wildman–Crippen MR) is 84.5 cm³/mol. The minimum atomic E-state index is -0.193. The zero-order valence-electron chi connectivity index (χ0n) is 12.4. The van der Waals surface area contributed by atoms with Crippen LogP contribution in [0.25, 0.3) is 0 Å². The molecule has 6 heteroatoms. The standard InChI is InChI=1S/C14H32N6/c15-9-4-5-11(17)8-10(16)2-1-3-12(18)14(20)13(19)7-6-9/h2,9,11-14H,1,3-8,15-20H2/b10-2+. The van der Waals surface area contributed by atoms with Crippen LogP contribution in [0.2, 0.25) is 0 Å². The van der Waals surface area contributed by atoms with Crippen LogP contribution in [0.15, 0.2) is 11.8 Å². The Bertz CT molecular complexity index is 306. The van der Waals surface area contributed by atoms with E-state index in [4.69, 9.17) is 34.4 Å². The van der Waals surface area contributed by atoms with Gasteiger partial charge in [0.05, 0.1) is 0 Å². The summed E-state index contributed by atoms with van der Waals surface area (Å²) in [6.07, 6.45) is 7.77. The van der Waals surface area contributed by atoms with E-state index in [-0.39, 0.29) is 30.2 Å². The first-order valence-electron chi connectivity index (χ1n) is 7.62. The van der Waals surface area contributed by atoms with Gasteiger partial charge in [-0.2, -0.15) is 0 Å². The highest BCUT2D eigenvalue weighted by Gasteiger charge is 2.21. The van der Waals surface area contributed by atoms with Gasteiger partial charge in [-0.15, -0.1) is 0 Å². The minimum Gasteiger partial charge on any atom is -0.402 e. The Balaban J connectivity index is 2.66. The average molecular weight is 284 g/mol. The molecule has 6 nitrogen and oxygen atoms in total. The maximum Gasteiger partial charge on any atom is 0.0346 e. The van der Waals surface area contributed by atoms with Gasteiger partial charge >= 0.3 is 0 Å². The molecule has 0 heterocycles. The number of nitrogens with two attached hydrogens (primary N) is 6. The monoisotopic (exact) mass is 284 g/mol. The molecule has 0 saturated heterocycles. The third-order valence-corrected chi connectivity index (χ3v) is 4.17. The average Bonchev–Trinajstić information content (AvgIpc) is 2.40. The molecule has 5 unspecified atom stereocenters. The molecule has 0 aromatic heterocycles. The molecule has 0 spiro atoms. The van der Waals surface area contributed by atoms with Gasteiger partial charge < -0.3 is 34.4 Å². The van der Waals surface area contributed by atoms with Crippen molar-refractivity contribution >= 4 is 0 Å². The van der Waals surface area contributed by atoms with Crippen LogP contribution in [0.1, 0.15) is 44.9 Å². The smallest absolute Gasteiger partial charge is 0.0346 e. The summed E-state index contributed by atoms with van der Waals surface area (Å²) < 4.78 is 0. The molecule has 0 amide bonds. The van der Waals surface area contributed by atoms with Crippen LogP contribution in [-0.2, 0) is 0 Å². The van der Waals surface area contributed by atoms with Crippen LogP contribution in [0.5, 0.6) is 0 Å². The Labute approximate surface area is 122 Å². The van der Waals surface area contributed by atoms with Gasteiger partial charge in [0.25, 0.3) is 0 Å². The second kappa shape index (κ2) is 8.59. The maximum absolute atomic E-state index is 6.11. The van der Waals surface area contributed by atoms with Crippen molar-refractivity contribution < 1.29 is 0 Å². The molecule has 0 aliphatic heterocycles. The van der Waals surface area contributed by atoms with Gasteiger partial charge in [0, 0.05) is 42.3 Å². The summed E-state index contributed by atoms with van der Waals surface area (Å²) in [6.45, 7) is 0. The zero-order chi connectivity index (χ0) is 15.1. The van der Waals surface area contributed by atoms with Gasteiger partial charge in [0.2, 0.25) is 0 Å². The number of allylic oxidation sites excluding steroid dienone is 1. The Morgan fingerprint density at radius 3 is 2.00 bits per heavy atom. The molecule has 1 aliphatic rings. The summed E-state index contributed by atoms with van der Waals surface area (Å²) in [5.41, 5.74) is 37.3. The van der Waals surface area contributed by atoms with Crippen molar-refractivity contribution in [3.63, 3.8) is 0 Å². The van der Waals surface area contributed by atoms with Gasteiger partial charge in [0.15, 0.2) is 0 Å². The number of hydrogen-bond donors (Lipinski definition) is 6. The normalized spacial score (nSPS) is 41.5. The molecule has 0 saturated carbocycles. The SMILES string of the molecule is N/C1=C/CCC(N)C(N)C(N)CCC(N)CCC(N)C1. The fraction of sp³-hybridized carbons (Fsp3) is 0.857. The first kappa shape index (κ1) is 17.4. The van der Waals surface area contributed by atoms with Gasteiger partial charge in [-0.1, -0.05) is 6.08 Å². The molecule has 0 aromatic rings. The molecule has 0 fully saturated rings. The van der Waals surface area contributed by atoms with E-state index < -0.39 is 0 Å². The molecule has 0 aromatic carbocycles. The van der Waals surface area contributed by atoms with Crippen LogP contribution in [0.4, 0.5) is 0 Å². The van der Waals surface area contributed by atoms with E-state index in [1.54, 1.807) is 0 Å². The molecule has 5 atom stereocenters. The molecule has 0 radical (unpaired) electrons. The van der Waals surface area contributed by atoms with Crippen LogP contribution in [0, 0.1) is 0 Å². The van der Waals surface area contributed by atoms with Crippen LogP contribution < -0.4 is 34.4 Å². The maximum atomic E-state index is 6.11. The molecule has 1 aliphatic carbocycles. The topological polar surface area (TPSA) is 156 Å². The van der Waals surface area contributed by atoms with Crippen molar-refractivity contribution in [3.8, 4) is 0 Å². The summed E-state index contributed by atoms with van der Waals surface area (Å²) in [6, 6.07) is -0.216. The summed E-state index contributed by atoms with van der Waals surface area (Å²) >= 11 is 0. The zero-order valence-corrected chi connectivity index (χ0v) is 12.4. The molecular weight excluding hydrogens is 252 g/mol. The lowest BCUT2D eigenvalue weighted by atomic mass is 9.91. The van der Waals surface area contributed by atoms with Crippen molar-refractivity contribution in [2.75, 3.05) is 0 Å². The first-order valence-corrected chi connectivity index (χ1v) is 7.62. The minimum absolute atomic E-state index is 0.0739. The van der Waals surface area contributed by atoms with Crippen LogP contribution >= 0.6 is 0 Å². The van der Waals surface area contributed by atoms with E-state index >= 15 is 0 Å². The highest BCUT2D eigenvalue weighted by molar-refractivity contribution is 5.00. The summed E-state index contributed by atoms with van der Waals surface area (Å²) in [7, 11) is 0. The molecular formula is C14H32N6. The van der Waals surface area contributed by atoms with Gasteiger partial charge in [-0.25, -0.2) is 0 Å². The molecule has 20 heavy (non-hydrogen) atoms. The van der Waals surface area contributed by atoms with E-state index in [1.165, 1.54) is 0 Å². The Morgan fingerprint density at radius 2 is 1.30 bits per heavy atom. The fourth-order valence-electron chi connectivity index (χ4n) is 2.63. The van der Waals surface area contributed by atoms with E-state index in [1.807, 2.05) is 6.08 Å². The highest BCUT2D eigenvalue weighted by atomic mass is 14.9. The van der Waals surface area contributed by atoms with Crippen molar-refractivity contribution in [3.05, 3.63) is 11.8 Å². The molecule has 12 N–H and O–H groups in total. The van der Waals surface area contributed by atoms with Crippen molar-refractivity contribution in [2.24, 2.45) is 34.4 Å². The van der Waals surface area contributed by atoms with Crippen LogP contribution in [0.3, 0.4) is 0 Å². The van der Waals surface area contributed by atoms with E-state index in [0.717, 1.165) is 44.2 Å². The van der Waals surface area contributed by atoms with E-state index in [0.29, 0.717) is 6.42 Å². The second-order valence-electron chi connectivity index (χ2n) is 6.14. The number of rotatable bonds is 0. The lowest BCUT2D eigenvalue weighted by Crippen LogP contribution is -2.53. The Kier molecular flexibility index (Phi) is 7.47. The Hall–Kier alpha value is -0.660. The lowest BCUT2D eigenvalue weighted by molar-refractivity contribution is 0.382. The van der Waals surface area contributed by atoms with Gasteiger partial charge in [-0.3, -0.25) is 0 Å². The highest BCUT2D eigenvalue weighted by Crippen LogP contribution is 2.13. The quantitative estimate of drug-likeness (QED) is 0.342. The third kappa shape index (κ3) is 6.19. The van der Waals surface area contributed by atoms with E-state index in [9.17, 15) is 0 Å². The number of hydrogen-bond acceptors (Lipinski definition) is 6. The third-order valence-electron chi connectivity index (χ3n) is 4.17. The predicted octanol–water partition coefficient (Wildman–Crippen LogP) is -0.790. The Morgan fingerprint density at radius 1 is 0.750 bits per heavy atom. The lowest BCUT2D eigenvalue weighted by Gasteiger charge is -2.27. The summed E-state index contributed by atoms with van der Waals surface area (Å²) in [4.78, 5) is 0. The molecule has 1 rings (SSSR count). The van der Waals surface area contributed by atoms with Crippen molar-refractivity contribution in [1.82, 2.24) is 0 Å². The summed E-state index contributed by atoms with van der Waals surface area (Å²) in [5, 5.41) is 0. The summed E-state index contributed by atoms with van der Waals surface area (Å²) in [5.74, 6) is 0. The van der Waals surface area contributed by atoms with Crippen molar-refractivity contribution in [1.29, 1.82) is 0 Å². The van der Waals surface area contributed by atoms with Gasteiger partial charge in [0.1, 0.15) is 0 Å². The van der Waals surface area contributed by atoms with Crippen molar-refractivity contribution in [2.45, 2.75) is 75.2 Å². The first-order chi connectivity index (χ1) is 9.40. The van der Waals surface area contributed by atoms with Gasteiger partial charge in [-0.05, 0) is 38.5 Å². The molecule has 0 bridgehead atoms. The van der Waals surface area contributed by atoms with E-state index in [2.05, 4.69) is 0 Å². The van der Waals surface area contributed by atoms with Crippen LogP contribution in [-0.4, -0.2) is 30.2 Å². The molecule has 118 valence electrons. The largest absolute Gasteiger partial charge is 0.402 e. The fourth-order valence-corrected chi connectivity index (χ4v) is 2.63. The second-order valence-corrected chi connectivity index (χ2v) is 6.14.